The second-order valence-electron chi connectivity index (χ2n) is 6.82. The predicted octanol–water partition coefficient (Wildman–Crippen LogP) is 2.95. The number of benzene rings is 1. The van der Waals surface area contributed by atoms with E-state index in [1.807, 2.05) is 5.32 Å². The van der Waals surface area contributed by atoms with Crippen molar-refractivity contribution in [1.29, 1.82) is 0 Å². The highest BCUT2D eigenvalue weighted by atomic mass is 19.3. The summed E-state index contributed by atoms with van der Waals surface area (Å²) in [5.41, 5.74) is 0.434. The van der Waals surface area contributed by atoms with Crippen molar-refractivity contribution in [1.82, 2.24) is 19.9 Å². The molecule has 0 radical (unpaired) electrons. The molecular weight excluding hydrogens is 403 g/mol. The first-order chi connectivity index (χ1) is 14.3. The van der Waals surface area contributed by atoms with Gasteiger partial charge in [0.1, 0.15) is 17.2 Å². The summed E-state index contributed by atoms with van der Waals surface area (Å²) in [4.78, 5) is 29.3. The SMILES string of the molecule is COC(=O)NC(=O)c1cnn2ccc(N3CC(F)(F)C[C@@H]3c3cccc(F)c3)nc12. The summed E-state index contributed by atoms with van der Waals surface area (Å²) in [6, 6.07) is 6.17. The highest BCUT2D eigenvalue weighted by Crippen LogP contribution is 2.43. The van der Waals surface area contributed by atoms with Gasteiger partial charge in [-0.05, 0) is 23.8 Å². The molecule has 0 bridgehead atoms. The molecule has 1 atom stereocenters. The first kappa shape index (κ1) is 19.7. The minimum Gasteiger partial charge on any atom is -0.453 e. The first-order valence-electron chi connectivity index (χ1n) is 8.91. The van der Waals surface area contributed by atoms with E-state index in [0.29, 0.717) is 5.56 Å². The molecule has 1 N–H and O–H groups in total. The summed E-state index contributed by atoms with van der Waals surface area (Å²) < 4.78 is 47.9. The lowest BCUT2D eigenvalue weighted by Gasteiger charge is -2.25. The lowest BCUT2D eigenvalue weighted by Crippen LogP contribution is -2.30. The molecule has 11 heteroatoms. The van der Waals surface area contributed by atoms with Gasteiger partial charge in [-0.15, -0.1) is 0 Å². The fourth-order valence-corrected chi connectivity index (χ4v) is 3.46. The normalized spacial score (nSPS) is 17.9. The van der Waals surface area contributed by atoms with E-state index < -0.39 is 42.7 Å². The molecule has 30 heavy (non-hydrogen) atoms. The standard InChI is InChI=1S/C19H16F3N5O3/c1-30-18(29)25-17(28)13-9-23-27-6-5-15(24-16(13)27)26-10-19(21,22)8-14(26)11-3-2-4-12(20)7-11/h2-7,9,14H,8,10H2,1H3,(H,25,28,29)/t14-/m1/s1. The molecule has 1 aliphatic rings. The van der Waals surface area contributed by atoms with Crippen LogP contribution in [0.15, 0.2) is 42.7 Å². The van der Waals surface area contributed by atoms with Crippen molar-refractivity contribution < 1.29 is 27.5 Å². The molecule has 1 aromatic carbocycles. The maximum absolute atomic E-state index is 14.3. The monoisotopic (exact) mass is 419 g/mol. The highest BCUT2D eigenvalue weighted by molar-refractivity contribution is 6.06. The predicted molar refractivity (Wildman–Crippen MR) is 98.9 cm³/mol. The van der Waals surface area contributed by atoms with Crippen LogP contribution in [0.25, 0.3) is 5.65 Å². The van der Waals surface area contributed by atoms with Gasteiger partial charge in [0.15, 0.2) is 5.65 Å². The molecule has 3 aromatic rings. The molecule has 3 heterocycles. The molecule has 0 saturated carbocycles. The molecule has 0 spiro atoms. The molecular formula is C19H16F3N5O3. The van der Waals surface area contributed by atoms with Crippen LogP contribution in [-0.4, -0.2) is 46.2 Å². The van der Waals surface area contributed by atoms with Gasteiger partial charge in [0, 0.05) is 12.6 Å². The van der Waals surface area contributed by atoms with Gasteiger partial charge in [0.2, 0.25) is 0 Å². The van der Waals surface area contributed by atoms with Crippen molar-refractivity contribution >= 4 is 23.5 Å². The molecule has 4 rings (SSSR count). The first-order valence-corrected chi connectivity index (χ1v) is 8.91. The third kappa shape index (κ3) is 3.65. The van der Waals surface area contributed by atoms with Gasteiger partial charge < -0.3 is 9.64 Å². The molecule has 1 aliphatic heterocycles. The lowest BCUT2D eigenvalue weighted by atomic mass is 10.0. The Bertz CT molecular complexity index is 1130. The Hall–Kier alpha value is -3.63. The number of amides is 2. The van der Waals surface area contributed by atoms with E-state index >= 15 is 0 Å². The topological polar surface area (TPSA) is 88.8 Å². The Morgan fingerprint density at radius 1 is 1.30 bits per heavy atom. The number of aromatic nitrogens is 3. The molecule has 8 nitrogen and oxygen atoms in total. The van der Waals surface area contributed by atoms with Gasteiger partial charge in [-0.1, -0.05) is 12.1 Å². The molecule has 2 aromatic heterocycles. The van der Waals surface area contributed by atoms with Crippen molar-refractivity contribution in [3.05, 3.63) is 59.7 Å². The number of carbonyl (C=O) groups is 2. The van der Waals surface area contributed by atoms with Crippen LogP contribution < -0.4 is 10.2 Å². The molecule has 156 valence electrons. The number of halogens is 3. The minimum atomic E-state index is -3.00. The van der Waals surface area contributed by atoms with Crippen LogP contribution in [0.4, 0.5) is 23.8 Å². The maximum Gasteiger partial charge on any atom is 0.413 e. The van der Waals surface area contributed by atoms with Crippen molar-refractivity contribution in [3.8, 4) is 0 Å². The number of rotatable bonds is 3. The molecule has 2 amide bonds. The van der Waals surface area contributed by atoms with Crippen LogP contribution in [0, 0.1) is 5.82 Å². The number of nitrogens with zero attached hydrogens (tertiary/aromatic N) is 4. The number of hydrogen-bond donors (Lipinski definition) is 1. The van der Waals surface area contributed by atoms with Crippen LogP contribution in [0.1, 0.15) is 28.4 Å². The van der Waals surface area contributed by atoms with Crippen LogP contribution in [0.2, 0.25) is 0 Å². The summed E-state index contributed by atoms with van der Waals surface area (Å²) in [7, 11) is 1.11. The summed E-state index contributed by atoms with van der Waals surface area (Å²) in [6.07, 6.45) is 1.21. The number of fused-ring (bicyclic) bond motifs is 1. The second kappa shape index (κ2) is 7.32. The molecule has 0 unspecified atom stereocenters. The van der Waals surface area contributed by atoms with Gasteiger partial charge >= 0.3 is 6.09 Å². The highest BCUT2D eigenvalue weighted by Gasteiger charge is 2.46. The van der Waals surface area contributed by atoms with Gasteiger partial charge in [0.25, 0.3) is 11.8 Å². The zero-order valence-electron chi connectivity index (χ0n) is 15.7. The van der Waals surface area contributed by atoms with Crippen LogP contribution in [0.5, 0.6) is 0 Å². The van der Waals surface area contributed by atoms with Crippen molar-refractivity contribution in [3.63, 3.8) is 0 Å². The third-order valence-corrected chi connectivity index (χ3v) is 4.80. The smallest absolute Gasteiger partial charge is 0.413 e. The van der Waals surface area contributed by atoms with Gasteiger partial charge in [-0.2, -0.15) is 5.10 Å². The number of anilines is 1. The number of carbonyl (C=O) groups excluding carboxylic acids is 2. The largest absolute Gasteiger partial charge is 0.453 e. The average Bonchev–Trinajstić information content (AvgIpc) is 3.27. The van der Waals surface area contributed by atoms with Gasteiger partial charge in [-0.25, -0.2) is 27.5 Å². The van der Waals surface area contributed by atoms with Gasteiger partial charge in [-0.3, -0.25) is 10.1 Å². The van der Waals surface area contributed by atoms with E-state index in [1.165, 1.54) is 46.1 Å². The third-order valence-electron chi connectivity index (χ3n) is 4.80. The molecule has 0 aliphatic carbocycles. The number of imide groups is 1. The Morgan fingerprint density at radius 2 is 2.10 bits per heavy atom. The maximum atomic E-state index is 14.3. The number of alkyl halides is 2. The second-order valence-corrected chi connectivity index (χ2v) is 6.82. The van der Waals surface area contributed by atoms with Crippen molar-refractivity contribution in [2.24, 2.45) is 0 Å². The van der Waals surface area contributed by atoms with Crippen LogP contribution in [-0.2, 0) is 4.74 Å². The summed E-state index contributed by atoms with van der Waals surface area (Å²) in [5.74, 6) is -4.16. The quantitative estimate of drug-likeness (QED) is 0.702. The number of ether oxygens (including phenoxy) is 1. The zero-order chi connectivity index (χ0) is 21.5. The lowest BCUT2D eigenvalue weighted by molar-refractivity contribution is 0.0222. The number of hydrogen-bond acceptors (Lipinski definition) is 6. The minimum absolute atomic E-state index is 0.0319. The Labute approximate surface area is 168 Å². The van der Waals surface area contributed by atoms with Gasteiger partial charge in [0.05, 0.1) is 25.9 Å². The summed E-state index contributed by atoms with van der Waals surface area (Å²) in [5, 5.41) is 5.98. The summed E-state index contributed by atoms with van der Waals surface area (Å²) >= 11 is 0. The number of methoxy groups -OCH3 is 1. The Morgan fingerprint density at radius 3 is 2.83 bits per heavy atom. The summed E-state index contributed by atoms with van der Waals surface area (Å²) in [6.45, 7) is -0.616. The van der Waals surface area contributed by atoms with E-state index in [4.69, 9.17) is 0 Å². The van der Waals surface area contributed by atoms with E-state index in [1.54, 1.807) is 6.07 Å². The molecule has 1 fully saturated rings. The van der Waals surface area contributed by atoms with E-state index in [-0.39, 0.29) is 17.0 Å². The number of nitrogens with one attached hydrogen (secondary N) is 1. The Balaban J connectivity index is 1.73. The fraction of sp³-hybridized carbons (Fsp3) is 0.263. The van der Waals surface area contributed by atoms with Crippen LogP contribution in [0.3, 0.4) is 0 Å². The van der Waals surface area contributed by atoms with E-state index in [9.17, 15) is 22.8 Å². The Kier molecular flexibility index (Phi) is 4.80. The van der Waals surface area contributed by atoms with Crippen molar-refractivity contribution in [2.75, 3.05) is 18.6 Å². The fourth-order valence-electron chi connectivity index (χ4n) is 3.46. The number of alkyl carbamates (subject to hydrolysis) is 1. The molecule has 1 saturated heterocycles. The van der Waals surface area contributed by atoms with E-state index in [0.717, 1.165) is 7.11 Å². The average molecular weight is 419 g/mol. The van der Waals surface area contributed by atoms with Crippen molar-refractivity contribution in [2.45, 2.75) is 18.4 Å². The van der Waals surface area contributed by atoms with E-state index in [2.05, 4.69) is 14.8 Å². The van der Waals surface area contributed by atoms with Crippen LogP contribution >= 0.6 is 0 Å². The zero-order valence-corrected chi connectivity index (χ0v) is 15.7.